The van der Waals surface area contributed by atoms with E-state index in [0.29, 0.717) is 6.42 Å². The van der Waals surface area contributed by atoms with Crippen molar-refractivity contribution in [2.24, 2.45) is 45.3 Å². The number of carboxylic acids is 1. The third kappa shape index (κ3) is 3.51. The number of fused-ring (bicyclic) bond motifs is 4. The standard InChI is InChI=1S/C30H40O8/c1-14(10-16(31)11-15(2)26(37)38)17-12-21(34)30(7)22-18(32)13-19-27(3,4)20(33)8-9-28(19,5)23(22)24(35)25(36)29(17,30)6/h14-15,17,19,25,36H,8-13H2,1-7H3,(H,37,38)/t14-,15+,17-,19-,25-,28+,29+,30+/m1/s1. The van der Waals surface area contributed by atoms with E-state index >= 15 is 0 Å². The van der Waals surface area contributed by atoms with Gasteiger partial charge >= 0.3 is 5.97 Å². The molecule has 0 heterocycles. The molecule has 4 aliphatic carbocycles. The van der Waals surface area contributed by atoms with E-state index in [9.17, 15) is 33.9 Å². The number of aliphatic hydroxyl groups excluding tert-OH is 1. The van der Waals surface area contributed by atoms with Gasteiger partial charge in [0.05, 0.1) is 11.3 Å². The lowest BCUT2D eigenvalue weighted by molar-refractivity contribution is -0.158. The van der Waals surface area contributed by atoms with Gasteiger partial charge in [0, 0.05) is 59.5 Å². The van der Waals surface area contributed by atoms with Crippen molar-refractivity contribution in [3.63, 3.8) is 0 Å². The zero-order chi connectivity index (χ0) is 28.7. The summed E-state index contributed by atoms with van der Waals surface area (Å²) >= 11 is 0. The Bertz CT molecular complexity index is 1190. The van der Waals surface area contributed by atoms with Crippen LogP contribution in [-0.4, -0.2) is 51.2 Å². The van der Waals surface area contributed by atoms with E-state index in [2.05, 4.69) is 0 Å². The Morgan fingerprint density at radius 2 is 1.53 bits per heavy atom. The first kappa shape index (κ1) is 28.5. The lowest BCUT2D eigenvalue weighted by atomic mass is 9.42. The number of allylic oxidation sites excluding steroid dienone is 1. The van der Waals surface area contributed by atoms with Crippen molar-refractivity contribution in [1.29, 1.82) is 0 Å². The zero-order valence-electron chi connectivity index (χ0n) is 23.5. The number of hydrogen-bond acceptors (Lipinski definition) is 7. The first-order chi connectivity index (χ1) is 17.4. The van der Waals surface area contributed by atoms with Crippen molar-refractivity contribution >= 4 is 34.9 Å². The molecule has 4 aliphatic rings. The first-order valence-corrected chi connectivity index (χ1v) is 13.7. The van der Waals surface area contributed by atoms with Gasteiger partial charge in [-0.15, -0.1) is 0 Å². The third-order valence-electron chi connectivity index (χ3n) is 11.3. The summed E-state index contributed by atoms with van der Waals surface area (Å²) in [4.78, 5) is 78.5. The molecule has 2 fully saturated rings. The van der Waals surface area contributed by atoms with Gasteiger partial charge < -0.3 is 10.2 Å². The minimum Gasteiger partial charge on any atom is -0.481 e. The van der Waals surface area contributed by atoms with E-state index in [1.165, 1.54) is 6.92 Å². The molecule has 8 heteroatoms. The lowest BCUT2D eigenvalue weighted by Crippen LogP contribution is -2.64. The molecular formula is C30H40O8. The van der Waals surface area contributed by atoms with Gasteiger partial charge in [-0.05, 0) is 31.1 Å². The average molecular weight is 529 g/mol. The highest BCUT2D eigenvalue weighted by atomic mass is 16.4. The van der Waals surface area contributed by atoms with E-state index in [4.69, 9.17) is 5.11 Å². The molecule has 0 aromatic carbocycles. The largest absolute Gasteiger partial charge is 0.481 e. The predicted molar refractivity (Wildman–Crippen MR) is 137 cm³/mol. The lowest BCUT2D eigenvalue weighted by Gasteiger charge is -2.59. The Balaban J connectivity index is 1.81. The number of hydrogen-bond donors (Lipinski definition) is 2. The number of aliphatic carboxylic acids is 1. The van der Waals surface area contributed by atoms with Gasteiger partial charge in [0.25, 0.3) is 0 Å². The highest BCUT2D eigenvalue weighted by Gasteiger charge is 2.73. The average Bonchev–Trinajstić information content (AvgIpc) is 3.03. The summed E-state index contributed by atoms with van der Waals surface area (Å²) in [5.74, 6) is -4.60. The predicted octanol–water partition coefficient (Wildman–Crippen LogP) is 3.52. The van der Waals surface area contributed by atoms with Gasteiger partial charge in [-0.25, -0.2) is 0 Å². The molecule has 0 bridgehead atoms. The second-order valence-corrected chi connectivity index (χ2v) is 13.6. The van der Waals surface area contributed by atoms with Crippen molar-refractivity contribution in [1.82, 2.24) is 0 Å². The summed E-state index contributed by atoms with van der Waals surface area (Å²) in [6.45, 7) is 12.1. The molecular weight excluding hydrogens is 488 g/mol. The van der Waals surface area contributed by atoms with E-state index in [1.54, 1.807) is 20.8 Å². The van der Waals surface area contributed by atoms with E-state index < -0.39 is 63.2 Å². The molecule has 8 nitrogen and oxygen atoms in total. The molecule has 38 heavy (non-hydrogen) atoms. The maximum absolute atomic E-state index is 14.1. The number of carbonyl (C=O) groups is 6. The minimum atomic E-state index is -1.55. The number of carboxylic acid groups (broad SMARTS) is 1. The van der Waals surface area contributed by atoms with Crippen LogP contribution < -0.4 is 0 Å². The molecule has 8 atom stereocenters. The highest BCUT2D eigenvalue weighted by molar-refractivity contribution is 6.18. The number of Topliss-reactive ketones (excluding diaryl/α,β-unsaturated/α-hetero) is 5. The van der Waals surface area contributed by atoms with E-state index in [0.717, 1.165) is 0 Å². The summed E-state index contributed by atoms with van der Waals surface area (Å²) < 4.78 is 0. The summed E-state index contributed by atoms with van der Waals surface area (Å²) in [5.41, 5.74) is -3.95. The van der Waals surface area contributed by atoms with Crippen LogP contribution >= 0.6 is 0 Å². The Hall–Kier alpha value is -2.48. The van der Waals surface area contributed by atoms with Gasteiger partial charge in [0.15, 0.2) is 11.6 Å². The molecule has 0 amide bonds. The molecule has 4 rings (SSSR count). The van der Waals surface area contributed by atoms with Crippen molar-refractivity contribution in [3.05, 3.63) is 11.1 Å². The summed E-state index contributed by atoms with van der Waals surface area (Å²) in [5, 5.41) is 20.9. The van der Waals surface area contributed by atoms with Gasteiger partial charge in [-0.3, -0.25) is 28.8 Å². The zero-order valence-corrected chi connectivity index (χ0v) is 23.5. The van der Waals surface area contributed by atoms with Crippen LogP contribution in [0.2, 0.25) is 0 Å². The third-order valence-corrected chi connectivity index (χ3v) is 11.3. The van der Waals surface area contributed by atoms with Crippen LogP contribution in [0.3, 0.4) is 0 Å². The molecule has 0 spiro atoms. The van der Waals surface area contributed by atoms with Gasteiger partial charge in [0.2, 0.25) is 0 Å². The molecule has 208 valence electrons. The second-order valence-electron chi connectivity index (χ2n) is 13.6. The Morgan fingerprint density at radius 1 is 0.921 bits per heavy atom. The van der Waals surface area contributed by atoms with Crippen LogP contribution in [0.25, 0.3) is 0 Å². The van der Waals surface area contributed by atoms with Crippen LogP contribution in [0, 0.1) is 45.3 Å². The SMILES string of the molecule is C[C@H](CC(=O)C[C@H](C)C(=O)O)[C@H]1CC(=O)[C@@]2(C)C3=C(C(=O)[C@@H](O)[C@]12C)[C@@]1(C)CCC(=O)C(C)(C)[C@H]1CC3=O. The topological polar surface area (TPSA) is 143 Å². The van der Waals surface area contributed by atoms with E-state index in [-0.39, 0.29) is 66.4 Å². The Morgan fingerprint density at radius 3 is 2.11 bits per heavy atom. The van der Waals surface area contributed by atoms with Crippen LogP contribution in [0.5, 0.6) is 0 Å². The monoisotopic (exact) mass is 528 g/mol. The Kier molecular flexibility index (Phi) is 6.58. The maximum Gasteiger partial charge on any atom is 0.306 e. The number of aliphatic hydroxyl groups is 1. The summed E-state index contributed by atoms with van der Waals surface area (Å²) in [7, 11) is 0. The van der Waals surface area contributed by atoms with Gasteiger partial charge in [-0.2, -0.15) is 0 Å². The van der Waals surface area contributed by atoms with E-state index in [1.807, 2.05) is 20.8 Å². The molecule has 0 radical (unpaired) electrons. The Labute approximate surface area is 223 Å². The van der Waals surface area contributed by atoms with Crippen LogP contribution in [0.4, 0.5) is 0 Å². The molecule has 2 N–H and O–H groups in total. The highest BCUT2D eigenvalue weighted by Crippen LogP contribution is 2.69. The van der Waals surface area contributed by atoms with Crippen molar-refractivity contribution < 1.29 is 39.0 Å². The fraction of sp³-hybridized carbons (Fsp3) is 0.733. The quantitative estimate of drug-likeness (QED) is 0.533. The number of rotatable bonds is 6. The molecule has 0 saturated heterocycles. The number of ketones is 5. The minimum absolute atomic E-state index is 0.00839. The van der Waals surface area contributed by atoms with Crippen LogP contribution in [-0.2, 0) is 28.8 Å². The fourth-order valence-corrected chi connectivity index (χ4v) is 8.67. The van der Waals surface area contributed by atoms with Crippen LogP contribution in [0.1, 0.15) is 87.0 Å². The normalized spacial score (nSPS) is 39.8. The van der Waals surface area contributed by atoms with Crippen molar-refractivity contribution in [2.75, 3.05) is 0 Å². The van der Waals surface area contributed by atoms with Gasteiger partial charge in [0.1, 0.15) is 23.5 Å². The fourth-order valence-electron chi connectivity index (χ4n) is 8.67. The van der Waals surface area contributed by atoms with Crippen LogP contribution in [0.15, 0.2) is 11.1 Å². The maximum atomic E-state index is 14.1. The molecule has 0 aromatic heterocycles. The summed E-state index contributed by atoms with van der Waals surface area (Å²) in [6.07, 6.45) is -0.983. The molecule has 2 saturated carbocycles. The molecule has 0 aromatic rings. The summed E-state index contributed by atoms with van der Waals surface area (Å²) in [6, 6.07) is 0. The number of carbonyl (C=O) groups excluding carboxylic acids is 5. The molecule has 0 unspecified atom stereocenters. The smallest absolute Gasteiger partial charge is 0.306 e. The van der Waals surface area contributed by atoms with Crippen molar-refractivity contribution in [3.8, 4) is 0 Å². The van der Waals surface area contributed by atoms with Gasteiger partial charge in [-0.1, -0.05) is 41.5 Å². The second kappa shape index (κ2) is 8.77. The molecule has 0 aliphatic heterocycles. The first-order valence-electron chi connectivity index (χ1n) is 13.7. The van der Waals surface area contributed by atoms with Crippen molar-refractivity contribution in [2.45, 2.75) is 93.1 Å².